The van der Waals surface area contributed by atoms with E-state index in [9.17, 15) is 4.79 Å². The van der Waals surface area contributed by atoms with Gasteiger partial charge in [-0.05, 0) is 59.7 Å². The third-order valence-corrected chi connectivity index (χ3v) is 5.87. The summed E-state index contributed by atoms with van der Waals surface area (Å²) in [4.78, 5) is 21.9. The van der Waals surface area contributed by atoms with Crippen molar-refractivity contribution in [2.45, 2.75) is 20.4 Å². The first-order valence-corrected chi connectivity index (χ1v) is 10.3. The fourth-order valence-corrected chi connectivity index (χ4v) is 4.43. The molecule has 4 aromatic heterocycles. The predicted molar refractivity (Wildman–Crippen MR) is 122 cm³/mol. The highest BCUT2D eigenvalue weighted by atomic mass is 127. The molecule has 0 aliphatic rings. The lowest BCUT2D eigenvalue weighted by molar-refractivity contribution is 0.618. The van der Waals surface area contributed by atoms with E-state index in [1.54, 1.807) is 20.0 Å². The van der Waals surface area contributed by atoms with Crippen LogP contribution in [0.4, 0.5) is 5.82 Å². The highest BCUT2D eigenvalue weighted by molar-refractivity contribution is 14.1. The first-order valence-electron chi connectivity index (χ1n) is 9.24. The molecule has 0 spiro atoms. The minimum atomic E-state index is -0.128. The van der Waals surface area contributed by atoms with Gasteiger partial charge in [0, 0.05) is 6.20 Å². The maximum atomic E-state index is 13.5. The Balaban J connectivity index is 1.80. The van der Waals surface area contributed by atoms with Crippen LogP contribution in [0, 0.1) is 17.5 Å². The van der Waals surface area contributed by atoms with Crippen molar-refractivity contribution in [1.82, 2.24) is 33.9 Å². The van der Waals surface area contributed by atoms with E-state index in [0.29, 0.717) is 31.9 Å². The number of aryl methyl sites for hydroxylation is 2. The van der Waals surface area contributed by atoms with Crippen LogP contribution < -0.4 is 11.3 Å². The zero-order valence-corrected chi connectivity index (χ0v) is 18.4. The molecule has 0 fully saturated rings. The van der Waals surface area contributed by atoms with Gasteiger partial charge < -0.3 is 5.73 Å². The van der Waals surface area contributed by atoms with E-state index < -0.39 is 0 Å². The number of aromatic nitrogens is 7. The second kappa shape index (κ2) is 6.90. The maximum Gasteiger partial charge on any atom is 0.282 e. The average molecular weight is 512 g/mol. The summed E-state index contributed by atoms with van der Waals surface area (Å²) in [5.74, 6) is 0.909. The first-order chi connectivity index (χ1) is 14.5. The topological polar surface area (TPSA) is 109 Å². The Hall–Kier alpha value is -3.28. The van der Waals surface area contributed by atoms with Gasteiger partial charge in [0.25, 0.3) is 5.56 Å². The van der Waals surface area contributed by atoms with Gasteiger partial charge in [-0.2, -0.15) is 10.2 Å². The highest BCUT2D eigenvalue weighted by Crippen LogP contribution is 2.23. The molecule has 4 heterocycles. The van der Waals surface area contributed by atoms with Crippen molar-refractivity contribution in [3.05, 3.63) is 73.9 Å². The van der Waals surface area contributed by atoms with Crippen LogP contribution in [-0.4, -0.2) is 33.9 Å². The third kappa shape index (κ3) is 2.78. The number of anilines is 1. The molecule has 2 N–H and O–H groups in total. The highest BCUT2D eigenvalue weighted by Gasteiger charge is 2.19. The lowest BCUT2D eigenvalue weighted by atomic mass is 10.2. The van der Waals surface area contributed by atoms with Crippen LogP contribution in [0.3, 0.4) is 0 Å². The van der Waals surface area contributed by atoms with E-state index in [1.807, 2.05) is 44.2 Å². The van der Waals surface area contributed by atoms with Crippen LogP contribution >= 0.6 is 22.6 Å². The van der Waals surface area contributed by atoms with Gasteiger partial charge in [0.05, 0.1) is 11.1 Å². The lowest BCUT2D eigenvalue weighted by Gasteiger charge is -2.15. The summed E-state index contributed by atoms with van der Waals surface area (Å²) in [5.41, 5.74) is 9.68. The Morgan fingerprint density at radius 1 is 1.07 bits per heavy atom. The SMILES string of the molecule is Cc1ccccc1-n1c(Cn2nc(I)c3c(N)ncnc32)nn2ccc(C)c2c1=O. The molecular weight excluding hydrogens is 495 g/mol. The first kappa shape index (κ1) is 18.7. The van der Waals surface area contributed by atoms with Gasteiger partial charge in [0.2, 0.25) is 0 Å². The lowest BCUT2D eigenvalue weighted by Crippen LogP contribution is -2.28. The number of fused-ring (bicyclic) bond motifs is 2. The number of halogens is 1. The molecule has 0 aliphatic carbocycles. The zero-order chi connectivity index (χ0) is 21.0. The van der Waals surface area contributed by atoms with Gasteiger partial charge in [-0.3, -0.25) is 9.36 Å². The summed E-state index contributed by atoms with van der Waals surface area (Å²) in [6, 6.07) is 9.63. The van der Waals surface area contributed by atoms with Gasteiger partial charge in [-0.15, -0.1) is 0 Å². The Kier molecular flexibility index (Phi) is 4.31. The van der Waals surface area contributed by atoms with Gasteiger partial charge in [0.1, 0.15) is 27.9 Å². The van der Waals surface area contributed by atoms with E-state index in [0.717, 1.165) is 16.8 Å². The molecular formula is C20H17IN8O. The van der Waals surface area contributed by atoms with Crippen molar-refractivity contribution in [3.63, 3.8) is 0 Å². The quantitative estimate of drug-likeness (QED) is 0.372. The maximum absolute atomic E-state index is 13.5. The van der Waals surface area contributed by atoms with Crippen LogP contribution in [0.5, 0.6) is 0 Å². The number of benzene rings is 1. The zero-order valence-electron chi connectivity index (χ0n) is 16.2. The van der Waals surface area contributed by atoms with E-state index in [-0.39, 0.29) is 12.1 Å². The molecule has 0 aliphatic heterocycles. The van der Waals surface area contributed by atoms with Crippen molar-refractivity contribution in [2.24, 2.45) is 0 Å². The second-order valence-electron chi connectivity index (χ2n) is 7.04. The van der Waals surface area contributed by atoms with Gasteiger partial charge in [0.15, 0.2) is 11.5 Å². The predicted octanol–water partition coefficient (Wildman–Crippen LogP) is 2.48. The standard InChI is InChI=1S/C20H17IN8O/c1-11-5-3-4-6-13(11)29-14(25-27-8-7-12(2)16(27)20(29)30)9-28-19-15(17(21)26-28)18(22)23-10-24-19/h3-8,10H,9H2,1-2H3,(H2,22,23,24). The van der Waals surface area contributed by atoms with E-state index >= 15 is 0 Å². The number of nitrogen functional groups attached to an aromatic ring is 1. The number of para-hydroxylation sites is 1. The Morgan fingerprint density at radius 3 is 2.67 bits per heavy atom. The van der Waals surface area contributed by atoms with Crippen LogP contribution in [0.2, 0.25) is 0 Å². The van der Waals surface area contributed by atoms with Gasteiger partial charge >= 0.3 is 0 Å². The molecule has 0 amide bonds. The Labute approximate surface area is 184 Å². The molecule has 10 heteroatoms. The van der Waals surface area contributed by atoms with Crippen molar-refractivity contribution >= 4 is 45.0 Å². The molecule has 5 rings (SSSR count). The second-order valence-corrected chi connectivity index (χ2v) is 8.06. The van der Waals surface area contributed by atoms with Crippen LogP contribution in [0.15, 0.2) is 47.7 Å². The minimum absolute atomic E-state index is 0.128. The van der Waals surface area contributed by atoms with Crippen LogP contribution in [0.25, 0.3) is 22.2 Å². The number of hydrogen-bond donors (Lipinski definition) is 1. The molecule has 5 aromatic rings. The smallest absolute Gasteiger partial charge is 0.282 e. The molecule has 0 saturated carbocycles. The molecule has 0 atom stereocenters. The molecule has 0 unspecified atom stereocenters. The van der Waals surface area contributed by atoms with Crippen LogP contribution in [0.1, 0.15) is 17.0 Å². The van der Waals surface area contributed by atoms with Gasteiger partial charge in [-0.25, -0.2) is 19.2 Å². The van der Waals surface area contributed by atoms with Gasteiger partial charge in [-0.1, -0.05) is 18.2 Å². The van der Waals surface area contributed by atoms with E-state index in [1.165, 1.54) is 6.33 Å². The summed E-state index contributed by atoms with van der Waals surface area (Å²) in [5, 5.41) is 10.0. The fraction of sp³-hybridized carbons (Fsp3) is 0.150. The molecule has 1 aromatic carbocycles. The summed E-state index contributed by atoms with van der Waals surface area (Å²) < 4.78 is 5.68. The minimum Gasteiger partial charge on any atom is -0.383 e. The molecule has 0 radical (unpaired) electrons. The number of rotatable bonds is 3. The van der Waals surface area contributed by atoms with Crippen molar-refractivity contribution in [3.8, 4) is 5.69 Å². The van der Waals surface area contributed by atoms with Crippen molar-refractivity contribution in [2.75, 3.05) is 5.73 Å². The summed E-state index contributed by atoms with van der Waals surface area (Å²) in [7, 11) is 0. The third-order valence-electron chi connectivity index (χ3n) is 5.12. The molecule has 0 saturated heterocycles. The largest absolute Gasteiger partial charge is 0.383 e. The molecule has 30 heavy (non-hydrogen) atoms. The van der Waals surface area contributed by atoms with Crippen LogP contribution in [-0.2, 0) is 6.54 Å². The monoisotopic (exact) mass is 512 g/mol. The molecule has 150 valence electrons. The Bertz CT molecular complexity index is 1500. The van der Waals surface area contributed by atoms with Crippen molar-refractivity contribution < 1.29 is 0 Å². The summed E-state index contributed by atoms with van der Waals surface area (Å²) >= 11 is 2.11. The number of nitrogens with zero attached hydrogens (tertiary/aromatic N) is 7. The summed E-state index contributed by atoms with van der Waals surface area (Å²) in [6.07, 6.45) is 3.20. The molecule has 9 nitrogen and oxygen atoms in total. The fourth-order valence-electron chi connectivity index (χ4n) is 3.65. The number of hydrogen-bond acceptors (Lipinski definition) is 6. The molecule has 0 bridgehead atoms. The number of nitrogens with two attached hydrogens (primary N) is 1. The normalized spacial score (nSPS) is 11.6. The summed E-state index contributed by atoms with van der Waals surface area (Å²) in [6.45, 7) is 4.12. The van der Waals surface area contributed by atoms with Crippen molar-refractivity contribution in [1.29, 1.82) is 0 Å². The average Bonchev–Trinajstić information content (AvgIpc) is 3.24. The van der Waals surface area contributed by atoms with E-state index in [4.69, 9.17) is 10.8 Å². The van der Waals surface area contributed by atoms with E-state index in [2.05, 4.69) is 37.7 Å². The Morgan fingerprint density at radius 2 is 1.87 bits per heavy atom.